The quantitative estimate of drug-likeness (QED) is 0.853. The van der Waals surface area contributed by atoms with Crippen molar-refractivity contribution in [3.05, 3.63) is 36.0 Å². The number of anilines is 1. The zero-order valence-corrected chi connectivity index (χ0v) is 15.6. The molecule has 7 nitrogen and oxygen atoms in total. The summed E-state index contributed by atoms with van der Waals surface area (Å²) in [5.74, 6) is 1.61. The van der Waals surface area contributed by atoms with Crippen molar-refractivity contribution < 1.29 is 0 Å². The van der Waals surface area contributed by atoms with Crippen molar-refractivity contribution in [1.82, 2.24) is 29.5 Å². The molecule has 1 fully saturated rings. The van der Waals surface area contributed by atoms with Crippen LogP contribution in [0.1, 0.15) is 31.2 Å². The van der Waals surface area contributed by atoms with Gasteiger partial charge in [0.2, 0.25) is 0 Å². The van der Waals surface area contributed by atoms with Crippen molar-refractivity contribution in [2.24, 2.45) is 5.92 Å². The average molecular weight is 355 g/mol. The van der Waals surface area contributed by atoms with Crippen molar-refractivity contribution >= 4 is 5.82 Å². The second-order valence-corrected chi connectivity index (χ2v) is 7.43. The van der Waals surface area contributed by atoms with E-state index in [1.165, 1.54) is 44.7 Å². The Morgan fingerprint density at radius 2 is 2.15 bits per heavy atom. The van der Waals surface area contributed by atoms with Crippen LogP contribution in [0.15, 0.2) is 24.7 Å². The second-order valence-electron chi connectivity index (χ2n) is 7.43. The highest BCUT2D eigenvalue weighted by molar-refractivity contribution is 5.31. The smallest absolute Gasteiger partial charge is 0.144 e. The van der Waals surface area contributed by atoms with Crippen LogP contribution in [0.4, 0.5) is 5.82 Å². The molecule has 0 radical (unpaired) electrons. The van der Waals surface area contributed by atoms with Crippen LogP contribution >= 0.6 is 0 Å². The van der Waals surface area contributed by atoms with Gasteiger partial charge in [-0.25, -0.2) is 4.98 Å². The molecule has 0 spiro atoms. The summed E-state index contributed by atoms with van der Waals surface area (Å²) < 4.78 is 2.17. The first kappa shape index (κ1) is 17.4. The van der Waals surface area contributed by atoms with Gasteiger partial charge in [0.05, 0.1) is 30.7 Å². The van der Waals surface area contributed by atoms with E-state index in [1.807, 2.05) is 0 Å². The van der Waals surface area contributed by atoms with Gasteiger partial charge < -0.3 is 10.2 Å². The molecule has 1 N–H and O–H groups in total. The summed E-state index contributed by atoms with van der Waals surface area (Å²) in [6, 6.07) is 2.23. The predicted molar refractivity (Wildman–Crippen MR) is 102 cm³/mol. The maximum atomic E-state index is 4.74. The molecular weight excluding hydrogens is 326 g/mol. The summed E-state index contributed by atoms with van der Waals surface area (Å²) in [6.07, 6.45) is 7.84. The lowest BCUT2D eigenvalue weighted by Crippen LogP contribution is -2.43. The van der Waals surface area contributed by atoms with Crippen LogP contribution in [0.2, 0.25) is 0 Å². The molecule has 4 rings (SSSR count). The molecule has 26 heavy (non-hydrogen) atoms. The van der Waals surface area contributed by atoms with Crippen molar-refractivity contribution in [3.63, 3.8) is 0 Å². The van der Waals surface area contributed by atoms with E-state index in [2.05, 4.69) is 42.8 Å². The third-order valence-electron chi connectivity index (χ3n) is 5.51. The van der Waals surface area contributed by atoms with E-state index in [9.17, 15) is 0 Å². The normalized spacial score (nSPS) is 21.5. The Labute approximate surface area is 155 Å². The fourth-order valence-corrected chi connectivity index (χ4v) is 4.15. The molecule has 4 heterocycles. The fraction of sp³-hybridized carbons (Fsp3) is 0.632. The summed E-state index contributed by atoms with van der Waals surface area (Å²) in [5.41, 5.74) is 2.40. The Hall–Kier alpha value is -1.99. The molecule has 1 atom stereocenters. The van der Waals surface area contributed by atoms with E-state index in [0.29, 0.717) is 6.54 Å². The van der Waals surface area contributed by atoms with Gasteiger partial charge in [-0.1, -0.05) is 6.92 Å². The van der Waals surface area contributed by atoms with E-state index in [0.717, 1.165) is 37.1 Å². The third kappa shape index (κ3) is 4.22. The molecule has 0 saturated carbocycles. The van der Waals surface area contributed by atoms with Crippen LogP contribution in [0, 0.1) is 5.92 Å². The van der Waals surface area contributed by atoms with Gasteiger partial charge in [-0.3, -0.25) is 14.6 Å². The second kappa shape index (κ2) is 8.14. The first-order valence-corrected chi connectivity index (χ1v) is 9.80. The van der Waals surface area contributed by atoms with E-state index in [4.69, 9.17) is 5.10 Å². The highest BCUT2D eigenvalue weighted by atomic mass is 15.3. The van der Waals surface area contributed by atoms with E-state index >= 15 is 0 Å². The van der Waals surface area contributed by atoms with Crippen LogP contribution in [0.25, 0.3) is 0 Å². The van der Waals surface area contributed by atoms with Gasteiger partial charge in [-0.2, -0.15) is 5.10 Å². The maximum Gasteiger partial charge on any atom is 0.144 e. The van der Waals surface area contributed by atoms with Crippen LogP contribution < -0.4 is 5.32 Å². The minimum Gasteiger partial charge on any atom is -0.363 e. The summed E-state index contributed by atoms with van der Waals surface area (Å²) in [5, 5.41) is 8.03. The Balaban J connectivity index is 1.31. The van der Waals surface area contributed by atoms with Gasteiger partial charge in [0.15, 0.2) is 0 Å². The standard InChI is InChI=1S/C19H29N7/c1-2-24-7-3-4-16(13-24)14-25-8-9-26-18(15-25)10-17(23-26)11-22-19-12-20-5-6-21-19/h5-6,10,12,16H,2-4,7-9,11,13-15H2,1H3,(H,21,22)/t16-/m0/s1. The van der Waals surface area contributed by atoms with Crippen LogP contribution in [-0.2, 0) is 19.6 Å². The van der Waals surface area contributed by atoms with Crippen LogP contribution in [0.3, 0.4) is 0 Å². The number of rotatable bonds is 6. The number of hydrogen-bond acceptors (Lipinski definition) is 6. The molecule has 2 aromatic heterocycles. The number of piperidine rings is 1. The van der Waals surface area contributed by atoms with E-state index < -0.39 is 0 Å². The highest BCUT2D eigenvalue weighted by Crippen LogP contribution is 2.21. The largest absolute Gasteiger partial charge is 0.363 e. The Morgan fingerprint density at radius 1 is 1.19 bits per heavy atom. The monoisotopic (exact) mass is 355 g/mol. The van der Waals surface area contributed by atoms with Gasteiger partial charge >= 0.3 is 0 Å². The molecular formula is C19H29N7. The van der Waals surface area contributed by atoms with Crippen molar-refractivity contribution in [2.75, 3.05) is 38.0 Å². The number of likely N-dealkylation sites (tertiary alicyclic amines) is 1. The summed E-state index contributed by atoms with van der Waals surface area (Å²) in [6.45, 7) is 11.0. The first-order valence-electron chi connectivity index (χ1n) is 9.80. The molecule has 0 aliphatic carbocycles. The number of nitrogens with zero attached hydrogens (tertiary/aromatic N) is 6. The number of aromatic nitrogens is 4. The maximum absolute atomic E-state index is 4.74. The fourth-order valence-electron chi connectivity index (χ4n) is 4.15. The SMILES string of the molecule is CCN1CCC[C@H](CN2CCn3nc(CNc4cnccn4)cc3C2)C1. The lowest BCUT2D eigenvalue weighted by molar-refractivity contribution is 0.120. The molecule has 1 saturated heterocycles. The van der Waals surface area contributed by atoms with Gasteiger partial charge in [0.1, 0.15) is 5.82 Å². The van der Waals surface area contributed by atoms with Crippen LogP contribution in [-0.4, -0.2) is 62.3 Å². The van der Waals surface area contributed by atoms with Gasteiger partial charge in [-0.05, 0) is 37.9 Å². The predicted octanol–water partition coefficient (Wildman–Crippen LogP) is 1.83. The summed E-state index contributed by atoms with van der Waals surface area (Å²) >= 11 is 0. The molecule has 0 amide bonds. The molecule has 2 aliphatic rings. The highest BCUT2D eigenvalue weighted by Gasteiger charge is 2.24. The minimum atomic E-state index is 0.687. The summed E-state index contributed by atoms with van der Waals surface area (Å²) in [4.78, 5) is 13.5. The minimum absolute atomic E-state index is 0.687. The zero-order chi connectivity index (χ0) is 17.8. The average Bonchev–Trinajstić information content (AvgIpc) is 3.09. The molecule has 140 valence electrons. The van der Waals surface area contributed by atoms with Crippen LogP contribution in [0.5, 0.6) is 0 Å². The number of hydrogen-bond donors (Lipinski definition) is 1. The number of nitrogens with one attached hydrogen (secondary N) is 1. The lowest BCUT2D eigenvalue weighted by atomic mass is 9.97. The van der Waals surface area contributed by atoms with Crippen molar-refractivity contribution in [3.8, 4) is 0 Å². The third-order valence-corrected chi connectivity index (χ3v) is 5.51. The molecule has 0 unspecified atom stereocenters. The zero-order valence-electron chi connectivity index (χ0n) is 15.6. The Kier molecular flexibility index (Phi) is 5.45. The molecule has 2 aromatic rings. The van der Waals surface area contributed by atoms with Crippen molar-refractivity contribution in [2.45, 2.75) is 39.4 Å². The van der Waals surface area contributed by atoms with Crippen molar-refractivity contribution in [1.29, 1.82) is 0 Å². The van der Waals surface area contributed by atoms with Gasteiger partial charge in [-0.15, -0.1) is 0 Å². The lowest BCUT2D eigenvalue weighted by Gasteiger charge is -2.36. The van der Waals surface area contributed by atoms with E-state index in [1.54, 1.807) is 18.6 Å². The first-order chi connectivity index (χ1) is 12.8. The Bertz CT molecular complexity index is 699. The topological polar surface area (TPSA) is 62.1 Å². The molecule has 2 aliphatic heterocycles. The molecule has 7 heteroatoms. The Morgan fingerprint density at radius 3 is 3.00 bits per heavy atom. The van der Waals surface area contributed by atoms with Gasteiger partial charge in [0, 0.05) is 38.6 Å². The van der Waals surface area contributed by atoms with Gasteiger partial charge in [0.25, 0.3) is 0 Å². The molecule has 0 bridgehead atoms. The summed E-state index contributed by atoms with van der Waals surface area (Å²) in [7, 11) is 0. The number of fused-ring (bicyclic) bond motifs is 1. The molecule has 0 aromatic carbocycles. The van der Waals surface area contributed by atoms with E-state index in [-0.39, 0.29) is 0 Å².